The molecule has 0 atom stereocenters. The summed E-state index contributed by atoms with van der Waals surface area (Å²) in [5.74, 6) is -0.337. The number of fused-ring (bicyclic) bond motifs is 1. The van der Waals surface area contributed by atoms with E-state index in [0.29, 0.717) is 21.8 Å². The molecule has 2 N–H and O–H groups in total. The summed E-state index contributed by atoms with van der Waals surface area (Å²) in [6.45, 7) is 0. The van der Waals surface area contributed by atoms with Gasteiger partial charge in [-0.2, -0.15) is 0 Å². The molecule has 21 heavy (non-hydrogen) atoms. The molecule has 0 aliphatic carbocycles. The topological polar surface area (TPSA) is 79.7 Å². The summed E-state index contributed by atoms with van der Waals surface area (Å²) in [6, 6.07) is 9.75. The van der Waals surface area contributed by atoms with Crippen molar-refractivity contribution < 1.29 is 19.7 Å². The van der Waals surface area contributed by atoms with Crippen LogP contribution in [0.25, 0.3) is 20.8 Å². The summed E-state index contributed by atoms with van der Waals surface area (Å²) in [5, 5.41) is 19.7. The molecule has 0 unspecified atom stereocenters. The average molecular weight is 301 g/mol. The Morgan fingerprint density at radius 2 is 2.05 bits per heavy atom. The smallest absolute Gasteiger partial charge is 0.335 e. The van der Waals surface area contributed by atoms with Crippen LogP contribution in [0.1, 0.15) is 10.4 Å². The zero-order valence-corrected chi connectivity index (χ0v) is 11.8. The summed E-state index contributed by atoms with van der Waals surface area (Å²) < 4.78 is 5.81. The van der Waals surface area contributed by atoms with Gasteiger partial charge < -0.3 is 14.9 Å². The molecule has 106 valence electrons. The van der Waals surface area contributed by atoms with Gasteiger partial charge in [-0.05, 0) is 30.3 Å². The van der Waals surface area contributed by atoms with Crippen molar-refractivity contribution in [3.8, 4) is 22.1 Å². The Hall–Kier alpha value is -2.60. The number of aromatic carboxylic acids is 1. The summed E-state index contributed by atoms with van der Waals surface area (Å²) in [5.41, 5.74) is 1.51. The number of hydrogen-bond acceptors (Lipinski definition) is 5. The van der Waals surface area contributed by atoms with E-state index in [0.717, 1.165) is 4.70 Å². The Morgan fingerprint density at radius 3 is 2.71 bits per heavy atom. The number of hydrogen-bond donors (Lipinski definition) is 2. The van der Waals surface area contributed by atoms with Crippen LogP contribution in [0.4, 0.5) is 0 Å². The third-order valence-corrected chi connectivity index (χ3v) is 4.12. The van der Waals surface area contributed by atoms with E-state index in [2.05, 4.69) is 4.98 Å². The Labute approximate surface area is 124 Å². The highest BCUT2D eigenvalue weighted by atomic mass is 32.1. The molecule has 6 heteroatoms. The van der Waals surface area contributed by atoms with Gasteiger partial charge >= 0.3 is 5.97 Å². The highest BCUT2D eigenvalue weighted by Gasteiger charge is 2.13. The highest BCUT2D eigenvalue weighted by molar-refractivity contribution is 7.21. The Morgan fingerprint density at radius 1 is 1.24 bits per heavy atom. The molecule has 1 heterocycles. The summed E-state index contributed by atoms with van der Waals surface area (Å²) in [4.78, 5) is 15.4. The number of carboxylic acid groups (broad SMARTS) is 1. The first kappa shape index (κ1) is 13.4. The van der Waals surface area contributed by atoms with E-state index in [1.807, 2.05) is 0 Å². The number of thiazole rings is 1. The van der Waals surface area contributed by atoms with Gasteiger partial charge in [-0.1, -0.05) is 0 Å². The number of benzene rings is 2. The molecule has 0 saturated heterocycles. The van der Waals surface area contributed by atoms with Crippen LogP contribution in [0.3, 0.4) is 0 Å². The zero-order chi connectivity index (χ0) is 15.0. The predicted octanol–water partition coefficient (Wildman–Crippen LogP) is 3.38. The SMILES string of the molecule is COc1ccc(-c2nc3ccc(C(=O)O)cc3s2)c(O)c1. The molecular formula is C15H11NO4S. The van der Waals surface area contributed by atoms with Crippen molar-refractivity contribution in [1.29, 1.82) is 0 Å². The van der Waals surface area contributed by atoms with Crippen LogP contribution in [0.2, 0.25) is 0 Å². The number of rotatable bonds is 3. The average Bonchev–Trinajstić information content (AvgIpc) is 2.89. The molecule has 0 aliphatic heterocycles. The quantitative estimate of drug-likeness (QED) is 0.775. The molecule has 2 aromatic carbocycles. The first-order valence-corrected chi connectivity index (χ1v) is 6.91. The van der Waals surface area contributed by atoms with Crippen molar-refractivity contribution in [3.05, 3.63) is 42.0 Å². The van der Waals surface area contributed by atoms with Crippen LogP contribution in [-0.2, 0) is 0 Å². The molecule has 3 rings (SSSR count). The van der Waals surface area contributed by atoms with E-state index in [1.165, 1.54) is 30.6 Å². The van der Waals surface area contributed by atoms with Gasteiger partial charge in [-0.25, -0.2) is 9.78 Å². The van der Waals surface area contributed by atoms with E-state index < -0.39 is 5.97 Å². The number of phenolic OH excluding ortho intramolecular Hbond substituents is 1. The molecular weight excluding hydrogens is 290 g/mol. The van der Waals surface area contributed by atoms with Gasteiger partial charge in [-0.3, -0.25) is 0 Å². The summed E-state index contributed by atoms with van der Waals surface area (Å²) in [7, 11) is 1.53. The number of nitrogens with zero attached hydrogens (tertiary/aromatic N) is 1. The van der Waals surface area contributed by atoms with Crippen LogP contribution < -0.4 is 4.74 Å². The van der Waals surface area contributed by atoms with E-state index in [9.17, 15) is 9.90 Å². The van der Waals surface area contributed by atoms with Gasteiger partial charge in [0.1, 0.15) is 16.5 Å². The molecule has 5 nitrogen and oxygen atoms in total. The third-order valence-electron chi connectivity index (χ3n) is 3.07. The molecule has 0 radical (unpaired) electrons. The standard InChI is InChI=1S/C15H11NO4S/c1-20-9-3-4-10(12(17)7-9)14-16-11-5-2-8(15(18)19)6-13(11)21-14/h2-7,17H,1H3,(H,18,19). The summed E-state index contributed by atoms with van der Waals surface area (Å²) in [6.07, 6.45) is 0. The number of carbonyl (C=O) groups is 1. The lowest BCUT2D eigenvalue weighted by Gasteiger charge is -2.03. The molecule has 0 saturated carbocycles. The zero-order valence-electron chi connectivity index (χ0n) is 11.0. The monoisotopic (exact) mass is 301 g/mol. The Bertz CT molecular complexity index is 841. The second kappa shape index (κ2) is 5.06. The van der Waals surface area contributed by atoms with E-state index in [1.54, 1.807) is 24.3 Å². The second-order valence-electron chi connectivity index (χ2n) is 4.39. The molecule has 1 aromatic heterocycles. The number of ether oxygens (including phenoxy) is 1. The summed E-state index contributed by atoms with van der Waals surface area (Å²) >= 11 is 1.33. The lowest BCUT2D eigenvalue weighted by molar-refractivity contribution is 0.0697. The molecule has 0 amide bonds. The second-order valence-corrected chi connectivity index (χ2v) is 5.42. The Kier molecular flexibility index (Phi) is 3.23. The first-order valence-electron chi connectivity index (χ1n) is 6.10. The fourth-order valence-electron chi connectivity index (χ4n) is 1.99. The number of carboxylic acids is 1. The van der Waals surface area contributed by atoms with Gasteiger partial charge in [0.15, 0.2) is 0 Å². The number of aromatic nitrogens is 1. The maximum Gasteiger partial charge on any atom is 0.335 e. The maximum absolute atomic E-state index is 11.0. The van der Waals surface area contributed by atoms with Crippen molar-refractivity contribution in [2.75, 3.05) is 7.11 Å². The minimum absolute atomic E-state index is 0.0758. The van der Waals surface area contributed by atoms with Crippen molar-refractivity contribution in [2.24, 2.45) is 0 Å². The van der Waals surface area contributed by atoms with Gasteiger partial charge in [-0.15, -0.1) is 11.3 Å². The number of phenols is 1. The first-order chi connectivity index (χ1) is 10.1. The van der Waals surface area contributed by atoms with Crippen LogP contribution in [0.5, 0.6) is 11.5 Å². The third kappa shape index (κ3) is 2.41. The van der Waals surface area contributed by atoms with Gasteiger partial charge in [0.2, 0.25) is 0 Å². The van der Waals surface area contributed by atoms with Crippen LogP contribution in [0, 0.1) is 0 Å². The molecule has 0 spiro atoms. The van der Waals surface area contributed by atoms with E-state index in [4.69, 9.17) is 9.84 Å². The molecule has 0 bridgehead atoms. The normalized spacial score (nSPS) is 10.7. The lowest BCUT2D eigenvalue weighted by atomic mass is 10.2. The lowest BCUT2D eigenvalue weighted by Crippen LogP contribution is -1.94. The van der Waals surface area contributed by atoms with Gasteiger partial charge in [0.25, 0.3) is 0 Å². The Balaban J connectivity index is 2.10. The van der Waals surface area contributed by atoms with Gasteiger partial charge in [0.05, 0.1) is 28.5 Å². The van der Waals surface area contributed by atoms with Crippen molar-refractivity contribution in [1.82, 2.24) is 4.98 Å². The van der Waals surface area contributed by atoms with Crippen molar-refractivity contribution >= 4 is 27.5 Å². The minimum Gasteiger partial charge on any atom is -0.507 e. The molecule has 0 fully saturated rings. The van der Waals surface area contributed by atoms with Crippen molar-refractivity contribution in [3.63, 3.8) is 0 Å². The number of aromatic hydroxyl groups is 1. The van der Waals surface area contributed by atoms with E-state index >= 15 is 0 Å². The maximum atomic E-state index is 11.0. The molecule has 3 aromatic rings. The van der Waals surface area contributed by atoms with Crippen LogP contribution >= 0.6 is 11.3 Å². The van der Waals surface area contributed by atoms with Crippen LogP contribution in [0.15, 0.2) is 36.4 Å². The fraction of sp³-hybridized carbons (Fsp3) is 0.0667. The largest absolute Gasteiger partial charge is 0.507 e. The van der Waals surface area contributed by atoms with E-state index in [-0.39, 0.29) is 11.3 Å². The predicted molar refractivity (Wildman–Crippen MR) is 80.2 cm³/mol. The fourth-order valence-corrected chi connectivity index (χ4v) is 3.03. The highest BCUT2D eigenvalue weighted by Crippen LogP contribution is 2.37. The number of methoxy groups -OCH3 is 1. The van der Waals surface area contributed by atoms with Gasteiger partial charge in [0, 0.05) is 6.07 Å². The minimum atomic E-state index is -0.973. The van der Waals surface area contributed by atoms with Crippen LogP contribution in [-0.4, -0.2) is 28.3 Å². The molecule has 0 aliphatic rings. The van der Waals surface area contributed by atoms with Crippen molar-refractivity contribution in [2.45, 2.75) is 0 Å².